The van der Waals surface area contributed by atoms with Crippen LogP contribution in [0.1, 0.15) is 48.1 Å². The van der Waals surface area contributed by atoms with Crippen molar-refractivity contribution in [3.8, 4) is 11.1 Å². The molecule has 0 radical (unpaired) electrons. The van der Waals surface area contributed by atoms with E-state index in [-0.39, 0.29) is 18.1 Å². The minimum absolute atomic E-state index is 0.0414. The SMILES string of the molecule is Cc1nc2ccc(-c3cnc(N4CCNC(=O)CC4)nc3)cn2c1C1OC(C)c2ccccc21. The quantitative estimate of drug-likeness (QED) is 0.509. The van der Waals surface area contributed by atoms with Gasteiger partial charge in [-0.05, 0) is 37.1 Å². The number of nitrogens with one attached hydrogen (secondary N) is 1. The van der Waals surface area contributed by atoms with Crippen molar-refractivity contribution in [1.82, 2.24) is 24.7 Å². The fourth-order valence-electron chi connectivity index (χ4n) is 4.95. The minimum atomic E-state index is -0.158. The Morgan fingerprint density at radius 1 is 1.03 bits per heavy atom. The van der Waals surface area contributed by atoms with Gasteiger partial charge in [0, 0.05) is 55.8 Å². The second-order valence-electron chi connectivity index (χ2n) is 8.87. The highest BCUT2D eigenvalue weighted by atomic mass is 16.5. The number of rotatable bonds is 3. The number of aromatic nitrogens is 4. The van der Waals surface area contributed by atoms with Crippen molar-refractivity contribution in [3.05, 3.63) is 77.5 Å². The maximum absolute atomic E-state index is 11.6. The molecule has 2 unspecified atom stereocenters. The summed E-state index contributed by atoms with van der Waals surface area (Å²) >= 11 is 0. The van der Waals surface area contributed by atoms with Crippen molar-refractivity contribution in [2.24, 2.45) is 0 Å². The molecule has 172 valence electrons. The van der Waals surface area contributed by atoms with Gasteiger partial charge in [-0.15, -0.1) is 0 Å². The summed E-state index contributed by atoms with van der Waals surface area (Å²) in [6.07, 6.45) is 6.11. The Balaban J connectivity index is 1.35. The third-order valence-electron chi connectivity index (χ3n) is 6.71. The lowest BCUT2D eigenvalue weighted by Gasteiger charge is -2.19. The van der Waals surface area contributed by atoms with Gasteiger partial charge in [0.1, 0.15) is 11.8 Å². The van der Waals surface area contributed by atoms with Crippen molar-refractivity contribution in [2.45, 2.75) is 32.5 Å². The summed E-state index contributed by atoms with van der Waals surface area (Å²) in [5.41, 5.74) is 7.25. The molecule has 1 amide bonds. The molecule has 34 heavy (non-hydrogen) atoms. The number of nitrogens with zero attached hydrogens (tertiary/aromatic N) is 5. The van der Waals surface area contributed by atoms with Crippen LogP contribution in [0.5, 0.6) is 0 Å². The van der Waals surface area contributed by atoms with E-state index in [1.807, 2.05) is 36.4 Å². The lowest BCUT2D eigenvalue weighted by molar-refractivity contribution is -0.120. The molecule has 0 aliphatic carbocycles. The number of imidazole rings is 1. The van der Waals surface area contributed by atoms with Gasteiger partial charge in [-0.2, -0.15) is 0 Å². The van der Waals surface area contributed by atoms with Crippen LogP contribution in [-0.2, 0) is 9.53 Å². The lowest BCUT2D eigenvalue weighted by Crippen LogP contribution is -2.29. The monoisotopic (exact) mass is 454 g/mol. The Kier molecular flexibility index (Phi) is 5.03. The first kappa shape index (κ1) is 20.8. The fraction of sp³-hybridized carbons (Fsp3) is 0.308. The molecule has 2 atom stereocenters. The second-order valence-corrected chi connectivity index (χ2v) is 8.87. The fourth-order valence-corrected chi connectivity index (χ4v) is 4.95. The van der Waals surface area contributed by atoms with Crippen molar-refractivity contribution in [2.75, 3.05) is 24.5 Å². The molecule has 6 rings (SSSR count). The smallest absolute Gasteiger partial charge is 0.225 e. The maximum atomic E-state index is 11.6. The third-order valence-corrected chi connectivity index (χ3v) is 6.71. The number of hydrogen-bond donors (Lipinski definition) is 1. The zero-order valence-electron chi connectivity index (χ0n) is 19.2. The standard InChI is InChI=1S/C26H26N6O2/c1-16-24(25-21-6-4-3-5-20(21)17(2)34-25)32-15-18(7-8-22(32)30-16)19-13-28-26(29-14-19)31-11-9-23(33)27-10-12-31/h3-8,13-15,17,25H,9-12H2,1-2H3,(H,27,33). The van der Waals surface area contributed by atoms with Crippen molar-refractivity contribution in [3.63, 3.8) is 0 Å². The van der Waals surface area contributed by atoms with Gasteiger partial charge >= 0.3 is 0 Å². The van der Waals surface area contributed by atoms with Crippen LogP contribution in [0.3, 0.4) is 0 Å². The Hall–Kier alpha value is -3.78. The molecular weight excluding hydrogens is 428 g/mol. The van der Waals surface area contributed by atoms with Crippen LogP contribution < -0.4 is 10.2 Å². The predicted octanol–water partition coefficient (Wildman–Crippen LogP) is 3.61. The number of anilines is 1. The van der Waals surface area contributed by atoms with E-state index in [1.165, 1.54) is 11.1 Å². The van der Waals surface area contributed by atoms with Gasteiger partial charge in [-0.1, -0.05) is 24.3 Å². The normalized spacial score (nSPS) is 20.3. The molecule has 1 fully saturated rings. The number of carbonyl (C=O) groups excluding carboxylic acids is 1. The van der Waals surface area contributed by atoms with Crippen LogP contribution in [0.2, 0.25) is 0 Å². The Morgan fingerprint density at radius 2 is 1.82 bits per heavy atom. The zero-order valence-corrected chi connectivity index (χ0v) is 19.2. The van der Waals surface area contributed by atoms with Crippen molar-refractivity contribution < 1.29 is 9.53 Å². The minimum Gasteiger partial charge on any atom is -0.360 e. The van der Waals surface area contributed by atoms with Crippen LogP contribution in [0.25, 0.3) is 16.8 Å². The van der Waals surface area contributed by atoms with Gasteiger partial charge in [0.25, 0.3) is 0 Å². The molecule has 0 spiro atoms. The van der Waals surface area contributed by atoms with Crippen LogP contribution >= 0.6 is 0 Å². The summed E-state index contributed by atoms with van der Waals surface area (Å²) in [4.78, 5) is 27.6. The van der Waals surface area contributed by atoms with Crippen LogP contribution in [0.4, 0.5) is 5.95 Å². The summed E-state index contributed by atoms with van der Waals surface area (Å²) in [6.45, 7) is 6.06. The largest absolute Gasteiger partial charge is 0.360 e. The summed E-state index contributed by atoms with van der Waals surface area (Å²) in [6, 6.07) is 12.5. The molecule has 0 bridgehead atoms. The topological polar surface area (TPSA) is 84.7 Å². The molecule has 2 aliphatic heterocycles. The number of hydrogen-bond acceptors (Lipinski definition) is 6. The van der Waals surface area contributed by atoms with Gasteiger partial charge in [0.2, 0.25) is 11.9 Å². The van der Waals surface area contributed by atoms with Gasteiger partial charge in [0.05, 0.1) is 17.5 Å². The highest BCUT2D eigenvalue weighted by Gasteiger charge is 2.33. The average molecular weight is 455 g/mol. The first-order chi connectivity index (χ1) is 16.6. The average Bonchev–Trinajstić information content (AvgIpc) is 3.26. The molecule has 8 nitrogen and oxygen atoms in total. The van der Waals surface area contributed by atoms with Crippen LogP contribution in [-0.4, -0.2) is 44.9 Å². The molecule has 2 aliphatic rings. The summed E-state index contributed by atoms with van der Waals surface area (Å²) < 4.78 is 8.52. The van der Waals surface area contributed by atoms with E-state index < -0.39 is 0 Å². The number of benzene rings is 1. The van der Waals surface area contributed by atoms with E-state index in [2.05, 4.69) is 57.1 Å². The summed E-state index contributed by atoms with van der Waals surface area (Å²) in [7, 11) is 0. The Morgan fingerprint density at radius 3 is 2.65 bits per heavy atom. The van der Waals surface area contributed by atoms with E-state index >= 15 is 0 Å². The third kappa shape index (κ3) is 3.51. The Bertz CT molecular complexity index is 1380. The van der Waals surface area contributed by atoms with E-state index in [9.17, 15) is 4.79 Å². The van der Waals surface area contributed by atoms with Gasteiger partial charge in [0.15, 0.2) is 0 Å². The molecule has 4 aromatic rings. The van der Waals surface area contributed by atoms with Crippen LogP contribution in [0.15, 0.2) is 55.0 Å². The van der Waals surface area contributed by atoms with E-state index in [1.54, 1.807) is 0 Å². The number of amides is 1. The number of pyridine rings is 1. The number of fused-ring (bicyclic) bond motifs is 2. The van der Waals surface area contributed by atoms with E-state index in [4.69, 9.17) is 9.72 Å². The molecular formula is C26H26N6O2. The second kappa shape index (κ2) is 8.22. The zero-order chi connectivity index (χ0) is 23.2. The summed E-state index contributed by atoms with van der Waals surface area (Å²) in [5, 5.41) is 2.88. The molecule has 3 aromatic heterocycles. The van der Waals surface area contributed by atoms with E-state index in [0.29, 0.717) is 32.0 Å². The van der Waals surface area contributed by atoms with Crippen LogP contribution in [0, 0.1) is 6.92 Å². The molecule has 1 saturated heterocycles. The first-order valence-electron chi connectivity index (χ1n) is 11.7. The van der Waals surface area contributed by atoms with Crippen molar-refractivity contribution in [1.29, 1.82) is 0 Å². The van der Waals surface area contributed by atoms with Gasteiger partial charge in [-0.25, -0.2) is 15.0 Å². The Labute approximate surface area is 197 Å². The number of ether oxygens (including phenoxy) is 1. The lowest BCUT2D eigenvalue weighted by atomic mass is 10.00. The van der Waals surface area contributed by atoms with Gasteiger partial charge in [-0.3, -0.25) is 4.79 Å². The molecule has 5 heterocycles. The van der Waals surface area contributed by atoms with Gasteiger partial charge < -0.3 is 19.4 Å². The number of aryl methyl sites for hydroxylation is 1. The van der Waals surface area contributed by atoms with E-state index in [0.717, 1.165) is 28.2 Å². The number of carbonyl (C=O) groups is 1. The molecule has 1 aromatic carbocycles. The predicted molar refractivity (Wildman–Crippen MR) is 129 cm³/mol. The molecule has 8 heteroatoms. The van der Waals surface area contributed by atoms with Crippen molar-refractivity contribution >= 4 is 17.5 Å². The molecule has 0 saturated carbocycles. The maximum Gasteiger partial charge on any atom is 0.225 e. The highest BCUT2D eigenvalue weighted by molar-refractivity contribution is 5.77. The molecule has 1 N–H and O–H groups in total. The highest BCUT2D eigenvalue weighted by Crippen LogP contribution is 2.43. The first-order valence-corrected chi connectivity index (χ1v) is 11.7. The summed E-state index contributed by atoms with van der Waals surface area (Å²) in [5.74, 6) is 0.715.